The minimum absolute atomic E-state index is 0.273. The van der Waals surface area contributed by atoms with Crippen LogP contribution in [0.1, 0.15) is 5.56 Å². The van der Waals surface area contributed by atoms with Crippen molar-refractivity contribution in [3.63, 3.8) is 0 Å². The molecule has 0 saturated heterocycles. The summed E-state index contributed by atoms with van der Waals surface area (Å²) in [5, 5.41) is 3.83. The number of hydrogen-bond donors (Lipinski definition) is 0. The molecule has 0 aliphatic rings. The lowest BCUT2D eigenvalue weighted by molar-refractivity contribution is -0.102. The molecular formula is C14H11NO2. The van der Waals surface area contributed by atoms with E-state index in [1.165, 1.54) is 0 Å². The van der Waals surface area contributed by atoms with Crippen LogP contribution in [0.3, 0.4) is 0 Å². The Morgan fingerprint density at radius 1 is 0.941 bits per heavy atom. The number of hydrogen-bond acceptors (Lipinski definition) is 3. The van der Waals surface area contributed by atoms with E-state index in [1.807, 2.05) is 48.5 Å². The van der Waals surface area contributed by atoms with E-state index in [0.717, 1.165) is 5.56 Å². The molecule has 3 nitrogen and oxygen atoms in total. The number of nitrogens with zero attached hydrogens (tertiary/aromatic N) is 1. The van der Waals surface area contributed by atoms with Gasteiger partial charge in [-0.3, -0.25) is 4.79 Å². The van der Waals surface area contributed by atoms with Gasteiger partial charge in [0.2, 0.25) is 0 Å². The Bertz CT molecular complexity index is 506. The Labute approximate surface area is 99.3 Å². The van der Waals surface area contributed by atoms with E-state index < -0.39 is 0 Å². The normalized spacial score (nSPS) is 10.9. The van der Waals surface area contributed by atoms with Crippen LogP contribution in [0.5, 0.6) is 5.75 Å². The highest BCUT2D eigenvalue weighted by Gasteiger charge is 2.01. The van der Waals surface area contributed by atoms with Crippen molar-refractivity contribution in [1.29, 1.82) is 0 Å². The quantitative estimate of drug-likeness (QED) is 0.456. The van der Waals surface area contributed by atoms with Crippen molar-refractivity contribution in [1.82, 2.24) is 0 Å². The molecule has 0 aromatic heterocycles. The largest absolute Gasteiger partial charge is 0.356 e. The first kappa shape index (κ1) is 11.1. The van der Waals surface area contributed by atoms with Gasteiger partial charge in [0.15, 0.2) is 12.0 Å². The first-order valence-corrected chi connectivity index (χ1v) is 5.21. The summed E-state index contributed by atoms with van der Waals surface area (Å²) in [6, 6.07) is 18.3. The van der Waals surface area contributed by atoms with Crippen LogP contribution < -0.4 is 4.84 Å². The van der Waals surface area contributed by atoms with Gasteiger partial charge in [0.1, 0.15) is 5.71 Å². The maximum atomic E-state index is 10.9. The molecular weight excluding hydrogens is 214 g/mol. The zero-order chi connectivity index (χ0) is 11.9. The van der Waals surface area contributed by atoms with Crippen molar-refractivity contribution >= 4 is 12.0 Å². The summed E-state index contributed by atoms with van der Waals surface area (Å²) in [7, 11) is 0. The Hall–Kier alpha value is -2.42. The summed E-state index contributed by atoms with van der Waals surface area (Å²) < 4.78 is 0. The van der Waals surface area contributed by atoms with Gasteiger partial charge in [-0.15, -0.1) is 0 Å². The van der Waals surface area contributed by atoms with Crippen LogP contribution in [0.15, 0.2) is 65.8 Å². The van der Waals surface area contributed by atoms with E-state index in [2.05, 4.69) is 5.16 Å². The van der Waals surface area contributed by atoms with Crippen LogP contribution in [0.4, 0.5) is 0 Å². The van der Waals surface area contributed by atoms with E-state index in [9.17, 15) is 4.79 Å². The van der Waals surface area contributed by atoms with Crippen LogP contribution in [0, 0.1) is 0 Å². The zero-order valence-corrected chi connectivity index (χ0v) is 9.11. The van der Waals surface area contributed by atoms with Crippen LogP contribution in [0.25, 0.3) is 0 Å². The molecule has 17 heavy (non-hydrogen) atoms. The highest BCUT2D eigenvalue weighted by Crippen LogP contribution is 2.09. The van der Waals surface area contributed by atoms with E-state index in [-0.39, 0.29) is 5.71 Å². The minimum Gasteiger partial charge on any atom is -0.356 e. The van der Waals surface area contributed by atoms with Gasteiger partial charge in [0.25, 0.3) is 0 Å². The molecule has 0 radical (unpaired) electrons. The smallest absolute Gasteiger partial charge is 0.172 e. The Morgan fingerprint density at radius 2 is 1.53 bits per heavy atom. The molecule has 2 rings (SSSR count). The van der Waals surface area contributed by atoms with Gasteiger partial charge in [-0.25, -0.2) is 0 Å². The molecule has 2 aromatic rings. The number of carbonyl (C=O) groups excluding carboxylic acids is 1. The average Bonchev–Trinajstić information content (AvgIpc) is 2.42. The molecule has 0 atom stereocenters. The van der Waals surface area contributed by atoms with Gasteiger partial charge in [0, 0.05) is 5.56 Å². The molecule has 0 bridgehead atoms. The molecule has 0 unspecified atom stereocenters. The summed E-state index contributed by atoms with van der Waals surface area (Å²) in [4.78, 5) is 16.1. The Morgan fingerprint density at radius 3 is 2.12 bits per heavy atom. The standard InChI is InChI=1S/C14H11NO2/c16-11-14(12-7-3-1-4-8-12)15-17-13-9-5-2-6-10-13/h1-11H. The highest BCUT2D eigenvalue weighted by atomic mass is 16.6. The summed E-state index contributed by atoms with van der Waals surface area (Å²) in [5.74, 6) is 0.600. The van der Waals surface area contributed by atoms with Crippen molar-refractivity contribution in [3.05, 3.63) is 66.2 Å². The maximum absolute atomic E-state index is 10.9. The molecule has 84 valence electrons. The Balaban J connectivity index is 2.17. The van der Waals surface area contributed by atoms with E-state index in [4.69, 9.17) is 4.84 Å². The van der Waals surface area contributed by atoms with Gasteiger partial charge in [-0.05, 0) is 12.1 Å². The summed E-state index contributed by atoms with van der Waals surface area (Å²) in [5.41, 5.74) is 1.01. The minimum atomic E-state index is 0.273. The number of benzene rings is 2. The number of rotatable bonds is 4. The molecule has 2 aromatic carbocycles. The zero-order valence-electron chi connectivity index (χ0n) is 9.11. The SMILES string of the molecule is O=CC(=NOc1ccccc1)c1ccccc1. The topological polar surface area (TPSA) is 38.7 Å². The van der Waals surface area contributed by atoms with Crippen molar-refractivity contribution < 1.29 is 9.63 Å². The van der Waals surface area contributed by atoms with E-state index >= 15 is 0 Å². The predicted octanol–water partition coefficient (Wildman–Crippen LogP) is 2.67. The fraction of sp³-hybridized carbons (Fsp3) is 0. The van der Waals surface area contributed by atoms with Crippen LogP contribution in [-0.2, 0) is 4.79 Å². The number of para-hydroxylation sites is 1. The van der Waals surface area contributed by atoms with E-state index in [0.29, 0.717) is 12.0 Å². The number of aldehydes is 1. The fourth-order valence-electron chi connectivity index (χ4n) is 1.33. The highest BCUT2D eigenvalue weighted by molar-refractivity contribution is 6.36. The second-order valence-corrected chi connectivity index (χ2v) is 3.36. The maximum Gasteiger partial charge on any atom is 0.172 e. The lowest BCUT2D eigenvalue weighted by Crippen LogP contribution is -2.04. The van der Waals surface area contributed by atoms with Crippen molar-refractivity contribution in [2.45, 2.75) is 0 Å². The molecule has 0 N–H and O–H groups in total. The second-order valence-electron chi connectivity index (χ2n) is 3.36. The second kappa shape index (κ2) is 5.61. The molecule has 3 heteroatoms. The molecule has 0 aliphatic carbocycles. The van der Waals surface area contributed by atoms with Gasteiger partial charge in [-0.1, -0.05) is 53.7 Å². The third-order valence-electron chi connectivity index (χ3n) is 2.17. The van der Waals surface area contributed by atoms with Crippen LogP contribution in [0.2, 0.25) is 0 Å². The number of carbonyl (C=O) groups is 1. The first-order valence-electron chi connectivity index (χ1n) is 5.21. The van der Waals surface area contributed by atoms with Crippen LogP contribution >= 0.6 is 0 Å². The van der Waals surface area contributed by atoms with Gasteiger partial charge >= 0.3 is 0 Å². The summed E-state index contributed by atoms with van der Waals surface area (Å²) in [6.07, 6.45) is 0.679. The molecule has 0 spiro atoms. The Kier molecular flexibility index (Phi) is 3.65. The predicted molar refractivity (Wildman–Crippen MR) is 66.1 cm³/mol. The average molecular weight is 225 g/mol. The van der Waals surface area contributed by atoms with Gasteiger partial charge in [0.05, 0.1) is 0 Å². The molecule has 0 amide bonds. The number of oxime groups is 1. The summed E-state index contributed by atoms with van der Waals surface area (Å²) >= 11 is 0. The van der Waals surface area contributed by atoms with Gasteiger partial charge < -0.3 is 4.84 Å². The summed E-state index contributed by atoms with van der Waals surface area (Å²) in [6.45, 7) is 0. The van der Waals surface area contributed by atoms with Crippen LogP contribution in [-0.4, -0.2) is 12.0 Å². The molecule has 0 aliphatic heterocycles. The molecule has 0 saturated carbocycles. The fourth-order valence-corrected chi connectivity index (χ4v) is 1.33. The van der Waals surface area contributed by atoms with E-state index in [1.54, 1.807) is 12.1 Å². The van der Waals surface area contributed by atoms with Crippen molar-refractivity contribution in [3.8, 4) is 5.75 Å². The third kappa shape index (κ3) is 3.01. The monoisotopic (exact) mass is 225 g/mol. The third-order valence-corrected chi connectivity index (χ3v) is 2.17. The molecule has 0 fully saturated rings. The lowest BCUT2D eigenvalue weighted by atomic mass is 10.1. The van der Waals surface area contributed by atoms with Gasteiger partial charge in [-0.2, -0.15) is 0 Å². The first-order chi connectivity index (χ1) is 8.40. The van der Waals surface area contributed by atoms with Crippen molar-refractivity contribution in [2.75, 3.05) is 0 Å². The molecule has 0 heterocycles. The van der Waals surface area contributed by atoms with Crippen molar-refractivity contribution in [2.24, 2.45) is 5.16 Å². The lowest BCUT2D eigenvalue weighted by Gasteiger charge is -2.00.